The summed E-state index contributed by atoms with van der Waals surface area (Å²) in [6.45, 7) is 43.5. The maximum atomic E-state index is 2.51. The van der Waals surface area contributed by atoms with Crippen LogP contribution in [0, 0.1) is 64.2 Å². The minimum absolute atomic E-state index is 0.578. The van der Waals surface area contributed by atoms with Crippen LogP contribution in [0.3, 0.4) is 0 Å². The van der Waals surface area contributed by atoms with Crippen LogP contribution < -0.4 is 35.9 Å². The first-order valence-corrected chi connectivity index (χ1v) is 68.6. The molecule has 0 radical (unpaired) electrons. The third-order valence-corrected chi connectivity index (χ3v) is 37.6. The third kappa shape index (κ3) is 24.9. The predicted octanol–water partition coefficient (Wildman–Crippen LogP) is 21.5. The topological polar surface area (TPSA) is 15.5 Å². The molecule has 0 fully saturated rings. The average molecular weight is 1610 g/mol. The van der Waals surface area contributed by atoms with Gasteiger partial charge in [0.2, 0.25) is 0 Å². The fourth-order valence-corrected chi connectivity index (χ4v) is 29.4. The molecular weight excluding hydrogens is 1460 g/mol. The fourth-order valence-electron chi connectivity index (χ4n) is 14.9. The summed E-state index contributed by atoms with van der Waals surface area (Å²) in [5, 5.41) is 0. The van der Waals surface area contributed by atoms with Gasteiger partial charge in [0, 0.05) is 0 Å². The summed E-state index contributed by atoms with van der Waals surface area (Å²) >= 11 is -7.57. The van der Waals surface area contributed by atoms with Crippen molar-refractivity contribution < 1.29 is 18.3 Å². The summed E-state index contributed by atoms with van der Waals surface area (Å²) in [5.41, 5.74) is 28.4. The van der Waals surface area contributed by atoms with E-state index in [9.17, 15) is 0 Å². The number of hydrogen-bond acceptors (Lipinski definition) is 0. The van der Waals surface area contributed by atoms with Gasteiger partial charge >= 0.3 is 638 Å². The van der Waals surface area contributed by atoms with Gasteiger partial charge in [-0.3, -0.25) is 0 Å². The molecule has 0 bridgehead atoms. The molecule has 0 atom stereocenters. The number of benzene rings is 4. The van der Waals surface area contributed by atoms with Gasteiger partial charge in [0.25, 0.3) is 0 Å². The van der Waals surface area contributed by atoms with E-state index in [2.05, 4.69) is 369 Å². The van der Waals surface area contributed by atoms with E-state index in [-0.39, 0.29) is 0 Å². The standard InChI is InChI=1S/C25H40GeN.C24H38GeN.C23H36GeN.C21H32GeN/c1-10-20(11-2)21-13-12-19(5)23(15-21)25-16-22(14-18(3)4)24(17-27(25)9)26(6,7)8;1-17(2)12-20-10-11-22(19(5)14-20)24-15-21(13-18(3)4)23(16-26(24)9)25(6,7)8;1-16(2)12-20-14-23(25(9)15-22(20)24(6,7)8)21-11-10-19(17(3)4)13-18(21)5;1-15(2)11-18-13-21(19-10-9-16(3)12-17(19)4)23(8)14-20(18)22(5,6)7/h12-13,15-18,20H,10-11,14H2,1-9H3;10-11,14-18H,12-13H2,1-9H3;10-11,13-17H,12H2,1-9H3;9-10,12-15H,11H2,1-8H3/q4*+1. The number of rotatable bonds is 22. The zero-order chi connectivity index (χ0) is 76.3. The van der Waals surface area contributed by atoms with Crippen molar-refractivity contribution in [2.45, 2.75) is 257 Å². The number of aryl methyl sites for hydroxylation is 9. The minimum atomic E-state index is -1.91. The van der Waals surface area contributed by atoms with Crippen molar-refractivity contribution in [3.63, 3.8) is 0 Å². The molecule has 0 aliphatic rings. The van der Waals surface area contributed by atoms with E-state index in [0.717, 1.165) is 6.42 Å². The number of aromatic nitrogens is 4. The summed E-state index contributed by atoms with van der Waals surface area (Å²) in [5.74, 6) is 34.7. The molecular formula is C93H146Ge4N4+4. The summed E-state index contributed by atoms with van der Waals surface area (Å²) in [6.07, 6.45) is 18.0. The predicted molar refractivity (Wildman–Crippen MR) is 458 cm³/mol. The van der Waals surface area contributed by atoms with Gasteiger partial charge in [-0.2, -0.15) is 0 Å². The second kappa shape index (κ2) is 37.3. The Morgan fingerprint density at radius 3 is 0.881 bits per heavy atom. The third-order valence-electron chi connectivity index (χ3n) is 20.2. The first-order valence-electron chi connectivity index (χ1n) is 39.2. The first kappa shape index (κ1) is 87.3. The average Bonchev–Trinajstić information content (AvgIpc) is 0.797. The molecule has 4 aromatic carbocycles. The Morgan fingerprint density at radius 1 is 0.297 bits per heavy atom. The van der Waals surface area contributed by atoms with Gasteiger partial charge < -0.3 is 0 Å². The Morgan fingerprint density at radius 2 is 0.594 bits per heavy atom. The van der Waals surface area contributed by atoms with Gasteiger partial charge in [-0.25, -0.2) is 0 Å². The monoisotopic (exact) mass is 1610 g/mol. The molecule has 0 saturated carbocycles. The molecule has 0 amide bonds. The summed E-state index contributed by atoms with van der Waals surface area (Å²) in [6, 6.07) is 37.8. The van der Waals surface area contributed by atoms with E-state index in [0.29, 0.717) is 41.4 Å². The molecule has 0 unspecified atom stereocenters. The summed E-state index contributed by atoms with van der Waals surface area (Å²) < 4.78 is 16.0. The Labute approximate surface area is 632 Å². The number of hydrogen-bond donors (Lipinski definition) is 0. The molecule has 101 heavy (non-hydrogen) atoms. The van der Waals surface area contributed by atoms with Crippen LogP contribution in [0.5, 0.6) is 0 Å². The SMILES string of the molecule is CCC(CC)c1ccc(C)c(-c2cc(CC(C)C)[c]([Ge]([CH3])([CH3])[CH3])c[n+]2C)c1.Cc1cc(C(C)C)ccc1-c1cc(CC(C)C)[c]([Ge]([CH3])([CH3])[CH3])c[n+]1C.Cc1cc(CC(C)C)ccc1-c1cc(CC(C)C)[c]([Ge]([CH3])([CH3])[CH3])c[n+]1C.Cc1ccc(-c2cc(CC(C)C)[c]([Ge]([CH3])([CH3])[CH3])c[n+]2C)c(C)c1. The molecule has 550 valence electrons. The molecule has 0 aliphatic carbocycles. The Hall–Kier alpha value is -4.35. The van der Waals surface area contributed by atoms with Crippen LogP contribution in [-0.4, -0.2) is 53.1 Å². The quantitative estimate of drug-likeness (QED) is 0.0475. The van der Waals surface area contributed by atoms with Crippen LogP contribution in [0.2, 0.25) is 69.1 Å². The zero-order valence-corrected chi connectivity index (χ0v) is 79.7. The molecule has 8 heteroatoms. The van der Waals surface area contributed by atoms with E-state index < -0.39 is 53.1 Å². The van der Waals surface area contributed by atoms with Crippen LogP contribution in [0.1, 0.15) is 188 Å². The maximum absolute atomic E-state index is 2.51. The summed E-state index contributed by atoms with van der Waals surface area (Å²) in [4.78, 5) is 0. The first-order chi connectivity index (χ1) is 46.7. The van der Waals surface area contributed by atoms with Crippen LogP contribution in [0.15, 0.2) is 122 Å². The molecule has 4 heterocycles. The normalized spacial score (nSPS) is 12.2. The number of pyridine rings is 4. The second-order valence-electron chi connectivity index (χ2n) is 37.1. The van der Waals surface area contributed by atoms with Gasteiger partial charge in [-0.1, -0.05) is 0 Å². The van der Waals surface area contributed by atoms with Crippen molar-refractivity contribution >= 4 is 70.6 Å². The van der Waals surface area contributed by atoms with Crippen molar-refractivity contribution in [3.05, 3.63) is 189 Å². The fraction of sp³-hybridized carbons (Fsp3) is 0.527. The van der Waals surface area contributed by atoms with E-state index in [1.54, 1.807) is 39.8 Å². The van der Waals surface area contributed by atoms with Crippen molar-refractivity contribution in [3.8, 4) is 45.0 Å². The summed E-state index contributed by atoms with van der Waals surface area (Å²) in [7, 11) is 8.86. The van der Waals surface area contributed by atoms with Crippen LogP contribution in [-0.2, 0) is 60.3 Å². The van der Waals surface area contributed by atoms with Gasteiger partial charge in [0.1, 0.15) is 0 Å². The molecule has 0 saturated heterocycles. The van der Waals surface area contributed by atoms with Crippen molar-refractivity contribution in [2.24, 2.45) is 57.8 Å². The van der Waals surface area contributed by atoms with Crippen molar-refractivity contribution in [1.29, 1.82) is 0 Å². The second-order valence-corrected chi connectivity index (χ2v) is 79.4. The zero-order valence-electron chi connectivity index (χ0n) is 71.3. The van der Waals surface area contributed by atoms with Crippen molar-refractivity contribution in [2.75, 3.05) is 0 Å². The molecule has 0 N–H and O–H groups in total. The van der Waals surface area contributed by atoms with E-state index in [4.69, 9.17) is 0 Å². The molecule has 0 aliphatic heterocycles. The van der Waals surface area contributed by atoms with E-state index >= 15 is 0 Å². The molecule has 4 nitrogen and oxygen atoms in total. The molecule has 8 aromatic rings. The van der Waals surface area contributed by atoms with E-state index in [1.165, 1.54) is 128 Å². The van der Waals surface area contributed by atoms with Gasteiger partial charge in [-0.05, 0) is 0 Å². The van der Waals surface area contributed by atoms with Gasteiger partial charge in [-0.15, -0.1) is 0 Å². The Kier molecular flexibility index (Phi) is 32.2. The van der Waals surface area contributed by atoms with Crippen LogP contribution in [0.4, 0.5) is 0 Å². The molecule has 0 spiro atoms. The van der Waals surface area contributed by atoms with Crippen LogP contribution >= 0.6 is 0 Å². The van der Waals surface area contributed by atoms with Crippen molar-refractivity contribution in [1.82, 2.24) is 0 Å². The Bertz CT molecular complexity index is 4050. The Balaban J connectivity index is 0.000000243. The van der Waals surface area contributed by atoms with Gasteiger partial charge in [0.05, 0.1) is 0 Å². The van der Waals surface area contributed by atoms with E-state index in [1.807, 2.05) is 0 Å². The van der Waals surface area contributed by atoms with Gasteiger partial charge in [0.15, 0.2) is 0 Å². The molecule has 4 aromatic heterocycles. The number of nitrogens with zero attached hydrogens (tertiary/aromatic N) is 4. The van der Waals surface area contributed by atoms with Crippen LogP contribution in [0.25, 0.3) is 45.0 Å². The molecule has 8 rings (SSSR count).